The van der Waals surface area contributed by atoms with Crippen LogP contribution in [0.4, 0.5) is 16.4 Å². The Morgan fingerprint density at radius 1 is 1.13 bits per heavy atom. The molecule has 5 rings (SSSR count). The molecule has 0 aliphatic carbocycles. The van der Waals surface area contributed by atoms with E-state index in [1.54, 1.807) is 11.8 Å². The minimum atomic E-state index is -0.684. The van der Waals surface area contributed by atoms with Gasteiger partial charge in [0.05, 0.1) is 19.7 Å². The van der Waals surface area contributed by atoms with E-state index in [1.807, 2.05) is 0 Å². The molecular formula is C23H36ClN10O4+. The number of piperidine rings is 4. The second-order valence-corrected chi connectivity index (χ2v) is 10.5. The summed E-state index contributed by atoms with van der Waals surface area (Å²) in [6.07, 6.45) is 2.94. The lowest BCUT2D eigenvalue weighted by Crippen LogP contribution is -2.66. The highest BCUT2D eigenvalue weighted by Gasteiger charge is 2.47. The zero-order valence-electron chi connectivity index (χ0n) is 21.5. The van der Waals surface area contributed by atoms with Gasteiger partial charge in [-0.25, -0.2) is 19.8 Å². The molecule has 14 nitrogen and oxygen atoms in total. The van der Waals surface area contributed by atoms with Gasteiger partial charge in [0.1, 0.15) is 12.6 Å². The molecule has 4 saturated heterocycles. The molecule has 3 amide bonds. The summed E-state index contributed by atoms with van der Waals surface area (Å²) < 4.78 is 5.69. The van der Waals surface area contributed by atoms with E-state index in [9.17, 15) is 14.4 Å². The number of aromatic nitrogens is 2. The number of halogens is 1. The maximum Gasteiger partial charge on any atom is 0.409 e. The van der Waals surface area contributed by atoms with Gasteiger partial charge in [0.15, 0.2) is 35.0 Å². The minimum absolute atomic E-state index is 0.00165. The Labute approximate surface area is 225 Å². The number of rotatable bonds is 6. The number of guanidine groups is 1. The quantitative estimate of drug-likeness (QED) is 0.178. The lowest BCUT2D eigenvalue weighted by Gasteiger charge is -2.51. The van der Waals surface area contributed by atoms with Gasteiger partial charge in [0.2, 0.25) is 0 Å². The SMILES string of the molecule is CCOC(=O)N1CCC(NC(=O)C[N+]23CCC(CC2)[C@H](N=C(N)NC(=O)c2nc(Cl)c(N)nc2N)C3)CC1. The number of anilines is 2. The van der Waals surface area contributed by atoms with Crippen molar-refractivity contribution >= 4 is 47.1 Å². The van der Waals surface area contributed by atoms with Crippen LogP contribution >= 0.6 is 11.6 Å². The maximum absolute atomic E-state index is 13.0. The minimum Gasteiger partial charge on any atom is -0.450 e. The highest BCUT2D eigenvalue weighted by molar-refractivity contribution is 6.31. The first kappa shape index (κ1) is 27.6. The predicted octanol–water partition coefficient (Wildman–Crippen LogP) is -0.315. The van der Waals surface area contributed by atoms with E-state index in [4.69, 9.17) is 33.5 Å². The molecule has 5 heterocycles. The van der Waals surface area contributed by atoms with Gasteiger partial charge in [-0.3, -0.25) is 14.9 Å². The molecule has 1 aromatic heterocycles. The van der Waals surface area contributed by atoms with Crippen LogP contribution in [0.5, 0.6) is 0 Å². The average molecular weight is 552 g/mol. The van der Waals surface area contributed by atoms with Crippen molar-refractivity contribution in [2.75, 3.05) is 57.3 Å². The standard InChI is InChI=1S/C23H35ClN10O4/c1-2-38-23(37)33-7-3-14(4-8-33)28-16(35)12-34-9-5-13(6-10-34)15(11-34)29-22(27)32-21(36)17-19(25)31-20(26)18(24)30-17/h13-15H,2-12H2,1H3,(H7-,25,26,27,28,29,31,32,35,36)/p+1/t13?,15-,34?/m1/s1. The average Bonchev–Trinajstić information content (AvgIpc) is 2.87. The Bertz CT molecular complexity index is 1100. The fourth-order valence-corrected chi connectivity index (χ4v) is 5.74. The topological polar surface area (TPSA) is 204 Å². The number of hydrogen-bond acceptors (Lipinski definition) is 9. The number of nitrogens with one attached hydrogen (secondary N) is 2. The third kappa shape index (κ3) is 6.35. The molecule has 15 heteroatoms. The van der Waals surface area contributed by atoms with Crippen molar-refractivity contribution in [3.63, 3.8) is 0 Å². The number of fused-ring (bicyclic) bond motifs is 3. The molecule has 38 heavy (non-hydrogen) atoms. The van der Waals surface area contributed by atoms with Crippen LogP contribution in [0.1, 0.15) is 43.1 Å². The zero-order chi connectivity index (χ0) is 27.4. The lowest BCUT2D eigenvalue weighted by molar-refractivity contribution is -0.936. The summed E-state index contributed by atoms with van der Waals surface area (Å²) in [6.45, 7) is 6.07. The first-order valence-corrected chi connectivity index (χ1v) is 13.3. The Hall–Kier alpha value is -3.39. The summed E-state index contributed by atoms with van der Waals surface area (Å²) in [5.41, 5.74) is 17.2. The third-order valence-corrected chi connectivity index (χ3v) is 7.88. The fraction of sp³-hybridized carbons (Fsp3) is 0.652. The Balaban J connectivity index is 1.31. The molecule has 4 aliphatic heterocycles. The van der Waals surface area contributed by atoms with Gasteiger partial charge in [-0.1, -0.05) is 11.6 Å². The summed E-state index contributed by atoms with van der Waals surface area (Å²) in [5, 5.41) is 5.52. The number of likely N-dealkylation sites (tertiary alicyclic amines) is 1. The molecule has 0 aromatic carbocycles. The number of amides is 3. The number of quaternary nitrogens is 1. The number of carbonyl (C=O) groups excluding carboxylic acids is 3. The number of nitrogen functional groups attached to an aromatic ring is 2. The Morgan fingerprint density at radius 3 is 2.47 bits per heavy atom. The second-order valence-electron chi connectivity index (χ2n) is 10.2. The fourth-order valence-electron chi connectivity index (χ4n) is 5.61. The van der Waals surface area contributed by atoms with Crippen molar-refractivity contribution in [1.82, 2.24) is 25.5 Å². The van der Waals surface area contributed by atoms with E-state index in [2.05, 4.69) is 25.6 Å². The number of nitrogens with two attached hydrogens (primary N) is 3. The highest BCUT2D eigenvalue weighted by atomic mass is 35.5. The largest absolute Gasteiger partial charge is 0.450 e. The summed E-state index contributed by atoms with van der Waals surface area (Å²) in [7, 11) is 0. The van der Waals surface area contributed by atoms with Crippen molar-refractivity contribution in [3.8, 4) is 0 Å². The molecule has 0 saturated carbocycles. The van der Waals surface area contributed by atoms with Crippen molar-refractivity contribution in [2.24, 2.45) is 16.6 Å². The Morgan fingerprint density at radius 2 is 1.82 bits per heavy atom. The van der Waals surface area contributed by atoms with E-state index in [-0.39, 0.29) is 52.5 Å². The number of ether oxygens (including phenoxy) is 1. The van der Waals surface area contributed by atoms with Crippen LogP contribution in [0, 0.1) is 5.92 Å². The van der Waals surface area contributed by atoms with Gasteiger partial charge in [0.25, 0.3) is 11.8 Å². The van der Waals surface area contributed by atoms with Gasteiger partial charge < -0.3 is 36.6 Å². The van der Waals surface area contributed by atoms with Crippen LogP contribution in [0.2, 0.25) is 5.15 Å². The summed E-state index contributed by atoms with van der Waals surface area (Å²) in [5.74, 6) is -0.651. The van der Waals surface area contributed by atoms with Crippen molar-refractivity contribution < 1.29 is 23.6 Å². The monoisotopic (exact) mass is 551 g/mol. The van der Waals surface area contributed by atoms with Crippen LogP contribution in [-0.2, 0) is 9.53 Å². The molecule has 0 spiro atoms. The molecule has 208 valence electrons. The van der Waals surface area contributed by atoms with Gasteiger partial charge in [-0.2, -0.15) is 0 Å². The molecule has 4 aliphatic rings. The molecule has 2 bridgehead atoms. The van der Waals surface area contributed by atoms with E-state index in [0.29, 0.717) is 56.0 Å². The van der Waals surface area contributed by atoms with E-state index in [1.165, 1.54) is 0 Å². The first-order valence-electron chi connectivity index (χ1n) is 12.9. The summed E-state index contributed by atoms with van der Waals surface area (Å²) in [6, 6.07) is -0.0948. The Kier molecular flexibility index (Phi) is 8.41. The third-order valence-electron chi connectivity index (χ3n) is 7.60. The normalized spacial score (nSPS) is 25.6. The van der Waals surface area contributed by atoms with Crippen molar-refractivity contribution in [2.45, 2.75) is 44.7 Å². The zero-order valence-corrected chi connectivity index (χ0v) is 22.2. The van der Waals surface area contributed by atoms with Crippen LogP contribution < -0.4 is 27.8 Å². The molecule has 0 unspecified atom stereocenters. The van der Waals surface area contributed by atoms with Gasteiger partial charge in [-0.05, 0) is 25.7 Å². The molecule has 0 radical (unpaired) electrons. The number of aliphatic imine (C=N–C) groups is 1. The van der Waals surface area contributed by atoms with Crippen molar-refractivity contribution in [3.05, 3.63) is 10.8 Å². The van der Waals surface area contributed by atoms with Crippen LogP contribution in [0.3, 0.4) is 0 Å². The highest BCUT2D eigenvalue weighted by Crippen LogP contribution is 2.35. The summed E-state index contributed by atoms with van der Waals surface area (Å²) >= 11 is 5.86. The first-order chi connectivity index (χ1) is 18.1. The van der Waals surface area contributed by atoms with Crippen molar-refractivity contribution in [1.29, 1.82) is 0 Å². The number of hydrogen-bond donors (Lipinski definition) is 5. The van der Waals surface area contributed by atoms with Gasteiger partial charge >= 0.3 is 6.09 Å². The molecule has 8 N–H and O–H groups in total. The summed E-state index contributed by atoms with van der Waals surface area (Å²) in [4.78, 5) is 51.4. The second kappa shape index (κ2) is 11.6. The molecule has 4 fully saturated rings. The number of nitrogens with zero attached hydrogens (tertiary/aromatic N) is 5. The van der Waals surface area contributed by atoms with E-state index < -0.39 is 5.91 Å². The molecular weight excluding hydrogens is 516 g/mol. The van der Waals surface area contributed by atoms with E-state index in [0.717, 1.165) is 25.9 Å². The van der Waals surface area contributed by atoms with Crippen LogP contribution in [0.25, 0.3) is 0 Å². The predicted molar refractivity (Wildman–Crippen MR) is 141 cm³/mol. The van der Waals surface area contributed by atoms with Gasteiger partial charge in [-0.15, -0.1) is 0 Å². The lowest BCUT2D eigenvalue weighted by atomic mass is 9.82. The smallest absolute Gasteiger partial charge is 0.409 e. The molecule has 1 aromatic rings. The van der Waals surface area contributed by atoms with E-state index >= 15 is 0 Å². The maximum atomic E-state index is 13.0. The van der Waals surface area contributed by atoms with Crippen LogP contribution in [0.15, 0.2) is 4.99 Å². The number of carbonyl (C=O) groups is 3. The van der Waals surface area contributed by atoms with Crippen LogP contribution in [-0.4, -0.2) is 101 Å². The van der Waals surface area contributed by atoms with Gasteiger partial charge in [0, 0.05) is 32.0 Å². The molecule has 1 atom stereocenters.